The number of hydrogen-bond acceptors (Lipinski definition) is 2. The van der Waals surface area contributed by atoms with Crippen molar-refractivity contribution in [1.82, 2.24) is 0 Å². The normalized spacial score (nSPS) is 13.1. The van der Waals surface area contributed by atoms with Crippen LogP contribution in [0.5, 0.6) is 0 Å². The van der Waals surface area contributed by atoms with Crippen LogP contribution in [0.3, 0.4) is 0 Å². The molecule has 224 valence electrons. The Hall–Kier alpha value is -5.86. The van der Waals surface area contributed by atoms with E-state index in [1.54, 1.807) is 0 Å². The molecule has 0 fully saturated rings. The second-order valence-corrected chi connectivity index (χ2v) is 12.9. The molecule has 1 aliphatic carbocycles. The Morgan fingerprint density at radius 2 is 1.02 bits per heavy atom. The molecule has 9 rings (SSSR count). The number of hydrogen-bond donors (Lipinski definition) is 0. The lowest BCUT2D eigenvalue weighted by Gasteiger charge is -2.26. The van der Waals surface area contributed by atoms with Crippen molar-refractivity contribution in [3.63, 3.8) is 0 Å². The molecule has 0 radical (unpaired) electrons. The first-order chi connectivity index (χ1) is 23.1. The van der Waals surface area contributed by atoms with Crippen molar-refractivity contribution in [3.8, 4) is 33.4 Å². The van der Waals surface area contributed by atoms with Crippen LogP contribution in [-0.2, 0) is 5.41 Å². The summed E-state index contributed by atoms with van der Waals surface area (Å²) in [6, 6.07) is 58.7. The van der Waals surface area contributed by atoms with Gasteiger partial charge in [0.2, 0.25) is 0 Å². The highest BCUT2D eigenvalue weighted by Crippen LogP contribution is 2.52. The molecule has 1 heterocycles. The Labute approximate surface area is 275 Å². The van der Waals surface area contributed by atoms with E-state index in [4.69, 9.17) is 4.42 Å². The van der Waals surface area contributed by atoms with Crippen LogP contribution in [0.2, 0.25) is 0 Å². The fourth-order valence-corrected chi connectivity index (χ4v) is 7.55. The summed E-state index contributed by atoms with van der Waals surface area (Å²) in [4.78, 5) is 2.32. The van der Waals surface area contributed by atoms with Crippen molar-refractivity contribution in [2.24, 2.45) is 0 Å². The van der Waals surface area contributed by atoms with E-state index in [9.17, 15) is 0 Å². The van der Waals surface area contributed by atoms with Gasteiger partial charge in [-0.1, -0.05) is 141 Å². The highest BCUT2D eigenvalue weighted by atomic mass is 16.3. The molecule has 0 bridgehead atoms. The molecule has 7 aromatic carbocycles. The fourth-order valence-electron chi connectivity index (χ4n) is 7.55. The minimum absolute atomic E-state index is 0.0319. The van der Waals surface area contributed by atoms with Crippen LogP contribution in [0, 0.1) is 0 Å². The fraction of sp³-hybridized carbons (Fsp3) is 0.0667. The minimum atomic E-state index is -0.0319. The van der Waals surface area contributed by atoms with Crippen LogP contribution in [0.15, 0.2) is 168 Å². The number of para-hydroxylation sites is 2. The zero-order valence-electron chi connectivity index (χ0n) is 26.4. The summed E-state index contributed by atoms with van der Waals surface area (Å²) in [5, 5.41) is 2.24. The van der Waals surface area contributed by atoms with E-state index in [1.807, 2.05) is 12.1 Å². The number of benzene rings is 7. The second-order valence-electron chi connectivity index (χ2n) is 12.9. The predicted molar refractivity (Wildman–Crippen MR) is 197 cm³/mol. The molecule has 0 atom stereocenters. The third-order valence-electron chi connectivity index (χ3n) is 9.90. The minimum Gasteiger partial charge on any atom is -0.454 e. The molecule has 1 aliphatic rings. The summed E-state index contributed by atoms with van der Waals surface area (Å²) in [6.45, 7) is 4.67. The van der Waals surface area contributed by atoms with Gasteiger partial charge in [0, 0.05) is 27.6 Å². The summed E-state index contributed by atoms with van der Waals surface area (Å²) >= 11 is 0. The summed E-state index contributed by atoms with van der Waals surface area (Å²) < 4.78 is 6.56. The van der Waals surface area contributed by atoms with Crippen molar-refractivity contribution in [1.29, 1.82) is 0 Å². The lowest BCUT2D eigenvalue weighted by molar-refractivity contribution is 0.660. The molecular weight excluding hydrogens is 571 g/mol. The Balaban J connectivity index is 1.19. The van der Waals surface area contributed by atoms with Crippen molar-refractivity contribution in [2.45, 2.75) is 19.3 Å². The molecule has 8 aromatic rings. The lowest BCUT2D eigenvalue weighted by atomic mass is 9.82. The number of anilines is 3. The van der Waals surface area contributed by atoms with Gasteiger partial charge in [-0.2, -0.15) is 0 Å². The van der Waals surface area contributed by atoms with Gasteiger partial charge in [0.25, 0.3) is 0 Å². The first-order valence-electron chi connectivity index (χ1n) is 16.3. The molecule has 0 N–H and O–H groups in total. The van der Waals surface area contributed by atoms with Crippen LogP contribution in [0.4, 0.5) is 17.1 Å². The van der Waals surface area contributed by atoms with Crippen molar-refractivity contribution < 1.29 is 4.42 Å². The van der Waals surface area contributed by atoms with Crippen LogP contribution >= 0.6 is 0 Å². The van der Waals surface area contributed by atoms with Crippen molar-refractivity contribution >= 4 is 39.0 Å². The monoisotopic (exact) mass is 603 g/mol. The molecule has 0 spiro atoms. The Bertz CT molecular complexity index is 2410. The summed E-state index contributed by atoms with van der Waals surface area (Å²) in [7, 11) is 0. The number of nitrogens with zero attached hydrogens (tertiary/aromatic N) is 1. The predicted octanol–water partition coefficient (Wildman–Crippen LogP) is 12.7. The molecule has 2 nitrogen and oxygen atoms in total. The summed E-state index contributed by atoms with van der Waals surface area (Å²) in [5.74, 6) is 0. The van der Waals surface area contributed by atoms with Crippen LogP contribution < -0.4 is 4.90 Å². The zero-order valence-corrected chi connectivity index (χ0v) is 26.4. The van der Waals surface area contributed by atoms with Gasteiger partial charge in [0.15, 0.2) is 5.58 Å². The first kappa shape index (κ1) is 27.5. The van der Waals surface area contributed by atoms with E-state index in [0.717, 1.165) is 39.0 Å². The SMILES string of the molecule is CC1(C)c2ccccc2-c2c(-c3ccc(N(c4ccc(-c5ccccc5)cc4)c4cccc5c4oc4ccccc45)cc3)cccc21. The van der Waals surface area contributed by atoms with Crippen LogP contribution in [-0.4, -0.2) is 0 Å². The van der Waals surface area contributed by atoms with Crippen LogP contribution in [0.25, 0.3) is 55.3 Å². The number of furan rings is 1. The molecule has 47 heavy (non-hydrogen) atoms. The number of rotatable bonds is 5. The Morgan fingerprint density at radius 1 is 0.447 bits per heavy atom. The average molecular weight is 604 g/mol. The number of fused-ring (bicyclic) bond motifs is 6. The van der Waals surface area contributed by atoms with E-state index in [1.165, 1.54) is 44.5 Å². The van der Waals surface area contributed by atoms with E-state index in [-0.39, 0.29) is 5.41 Å². The highest BCUT2D eigenvalue weighted by Gasteiger charge is 2.36. The smallest absolute Gasteiger partial charge is 0.159 e. The van der Waals surface area contributed by atoms with Gasteiger partial charge in [0.05, 0.1) is 5.69 Å². The van der Waals surface area contributed by atoms with Gasteiger partial charge in [-0.3, -0.25) is 0 Å². The third kappa shape index (κ3) is 4.33. The van der Waals surface area contributed by atoms with Crippen molar-refractivity contribution in [2.75, 3.05) is 4.90 Å². The molecule has 1 aromatic heterocycles. The maximum absolute atomic E-state index is 6.56. The van der Waals surface area contributed by atoms with Gasteiger partial charge in [-0.05, 0) is 80.9 Å². The molecule has 0 aliphatic heterocycles. The largest absolute Gasteiger partial charge is 0.454 e. The molecule has 0 saturated carbocycles. The van der Waals surface area contributed by atoms with E-state index >= 15 is 0 Å². The summed E-state index contributed by atoms with van der Waals surface area (Å²) in [6.07, 6.45) is 0. The first-order valence-corrected chi connectivity index (χ1v) is 16.3. The maximum Gasteiger partial charge on any atom is 0.159 e. The zero-order chi connectivity index (χ0) is 31.5. The van der Waals surface area contributed by atoms with E-state index < -0.39 is 0 Å². The van der Waals surface area contributed by atoms with Gasteiger partial charge in [0.1, 0.15) is 5.58 Å². The second kappa shape index (κ2) is 10.6. The molecule has 0 unspecified atom stereocenters. The van der Waals surface area contributed by atoms with Gasteiger partial charge in [-0.15, -0.1) is 0 Å². The third-order valence-corrected chi connectivity index (χ3v) is 9.90. The van der Waals surface area contributed by atoms with Gasteiger partial charge in [-0.25, -0.2) is 0 Å². The van der Waals surface area contributed by atoms with Crippen LogP contribution in [0.1, 0.15) is 25.0 Å². The quantitative estimate of drug-likeness (QED) is 0.195. The molecule has 0 amide bonds. The lowest BCUT2D eigenvalue weighted by Crippen LogP contribution is -2.14. The highest BCUT2D eigenvalue weighted by molar-refractivity contribution is 6.10. The molecule has 2 heteroatoms. The molecule has 0 saturated heterocycles. The molecular formula is C45H33NO. The summed E-state index contributed by atoms with van der Waals surface area (Å²) in [5.41, 5.74) is 15.2. The Kier molecular flexibility index (Phi) is 6.20. The van der Waals surface area contributed by atoms with Gasteiger partial charge >= 0.3 is 0 Å². The average Bonchev–Trinajstić information content (AvgIpc) is 3.62. The standard InChI is InChI=1S/C45H33NO/c1-45(2)39-18-8-6-15-38(39)43-35(16-10-19-40(43)45)32-24-28-34(29-25-32)46(33-26-22-31(23-27-33)30-12-4-3-5-13-30)41-20-11-17-37-36-14-7-9-21-42(36)47-44(37)41/h3-29H,1-2H3. The van der Waals surface area contributed by atoms with Crippen molar-refractivity contribution in [3.05, 3.63) is 175 Å². The Morgan fingerprint density at radius 3 is 1.81 bits per heavy atom. The van der Waals surface area contributed by atoms with E-state index in [0.29, 0.717) is 0 Å². The van der Waals surface area contributed by atoms with Gasteiger partial charge < -0.3 is 9.32 Å². The van der Waals surface area contributed by atoms with E-state index in [2.05, 4.69) is 170 Å². The maximum atomic E-state index is 6.56. The topological polar surface area (TPSA) is 16.4 Å².